The largest absolute Gasteiger partial charge is 0.496 e. The number of amides is 1. The molecule has 3 aromatic rings. The Morgan fingerprint density at radius 1 is 1.03 bits per heavy atom. The molecule has 0 spiro atoms. The molecule has 0 bridgehead atoms. The van der Waals surface area contributed by atoms with Crippen molar-refractivity contribution in [1.82, 2.24) is 5.43 Å². The highest BCUT2D eigenvalue weighted by molar-refractivity contribution is 9.10. The molecular formula is C22H21BrN2O4. The van der Waals surface area contributed by atoms with Gasteiger partial charge in [-0.1, -0.05) is 24.3 Å². The number of halogens is 1. The zero-order valence-electron chi connectivity index (χ0n) is 16.4. The van der Waals surface area contributed by atoms with Crippen LogP contribution in [0.2, 0.25) is 0 Å². The summed E-state index contributed by atoms with van der Waals surface area (Å²) in [5.74, 6) is 1.33. The summed E-state index contributed by atoms with van der Waals surface area (Å²) in [6.45, 7) is 2.43. The molecule has 1 amide bonds. The number of hydrazone groups is 1. The number of methoxy groups -OCH3 is 2. The van der Waals surface area contributed by atoms with Crippen LogP contribution in [0.4, 0.5) is 0 Å². The predicted molar refractivity (Wildman–Crippen MR) is 117 cm³/mol. The Balaban J connectivity index is 1.82. The first kappa shape index (κ1) is 20.7. The average molecular weight is 457 g/mol. The summed E-state index contributed by atoms with van der Waals surface area (Å²) in [6, 6.07) is 15.0. The normalized spacial score (nSPS) is 10.9. The average Bonchev–Trinajstić information content (AvgIpc) is 2.74. The topological polar surface area (TPSA) is 69.2 Å². The van der Waals surface area contributed by atoms with Crippen LogP contribution < -0.4 is 19.6 Å². The van der Waals surface area contributed by atoms with E-state index in [0.29, 0.717) is 29.4 Å². The van der Waals surface area contributed by atoms with Crippen molar-refractivity contribution in [1.29, 1.82) is 0 Å². The Hall–Kier alpha value is -3.06. The lowest BCUT2D eigenvalue weighted by atomic mass is 10.1. The SMILES string of the molecule is CCOc1cc(Br)c(/C=N\NC(=O)c2cc3ccccc3cc2OC)cc1OC. The molecule has 0 aromatic heterocycles. The fourth-order valence-corrected chi connectivity index (χ4v) is 3.29. The second-order valence-corrected chi connectivity index (χ2v) is 6.91. The molecule has 7 heteroatoms. The highest BCUT2D eigenvalue weighted by Gasteiger charge is 2.13. The molecule has 150 valence electrons. The fourth-order valence-electron chi connectivity index (χ4n) is 2.86. The molecule has 0 heterocycles. The van der Waals surface area contributed by atoms with Crippen LogP contribution in [0.25, 0.3) is 10.8 Å². The van der Waals surface area contributed by atoms with Gasteiger partial charge in [-0.3, -0.25) is 4.79 Å². The summed E-state index contributed by atoms with van der Waals surface area (Å²) in [4.78, 5) is 12.6. The van der Waals surface area contributed by atoms with Gasteiger partial charge in [-0.25, -0.2) is 5.43 Å². The van der Waals surface area contributed by atoms with E-state index in [9.17, 15) is 4.79 Å². The molecule has 0 fully saturated rings. The maximum Gasteiger partial charge on any atom is 0.275 e. The first-order chi connectivity index (χ1) is 14.1. The van der Waals surface area contributed by atoms with Crippen molar-refractivity contribution in [2.45, 2.75) is 6.92 Å². The van der Waals surface area contributed by atoms with Gasteiger partial charge in [0.1, 0.15) is 5.75 Å². The monoisotopic (exact) mass is 456 g/mol. The second-order valence-electron chi connectivity index (χ2n) is 6.06. The number of benzene rings is 3. The van der Waals surface area contributed by atoms with Crippen LogP contribution in [0, 0.1) is 0 Å². The van der Waals surface area contributed by atoms with E-state index in [1.54, 1.807) is 25.3 Å². The fraction of sp³-hybridized carbons (Fsp3) is 0.182. The summed E-state index contributed by atoms with van der Waals surface area (Å²) >= 11 is 3.48. The summed E-state index contributed by atoms with van der Waals surface area (Å²) in [7, 11) is 3.11. The Kier molecular flexibility index (Phi) is 6.72. The summed E-state index contributed by atoms with van der Waals surface area (Å²) in [5, 5.41) is 6.02. The molecule has 0 saturated carbocycles. The van der Waals surface area contributed by atoms with Gasteiger partial charge in [-0.2, -0.15) is 5.10 Å². The zero-order valence-corrected chi connectivity index (χ0v) is 17.9. The Morgan fingerprint density at radius 2 is 1.72 bits per heavy atom. The quantitative estimate of drug-likeness (QED) is 0.410. The number of nitrogens with zero attached hydrogens (tertiary/aromatic N) is 1. The van der Waals surface area contributed by atoms with E-state index in [2.05, 4.69) is 26.5 Å². The number of nitrogens with one attached hydrogen (secondary N) is 1. The number of carbonyl (C=O) groups is 1. The van der Waals surface area contributed by atoms with Gasteiger partial charge in [-0.15, -0.1) is 0 Å². The van der Waals surface area contributed by atoms with Gasteiger partial charge >= 0.3 is 0 Å². The maximum absolute atomic E-state index is 12.6. The van der Waals surface area contributed by atoms with Crippen LogP contribution in [-0.4, -0.2) is 32.9 Å². The molecule has 3 aromatic carbocycles. The van der Waals surface area contributed by atoms with E-state index in [4.69, 9.17) is 14.2 Å². The molecule has 0 aliphatic rings. The van der Waals surface area contributed by atoms with Gasteiger partial charge in [-0.05, 0) is 57.9 Å². The summed E-state index contributed by atoms with van der Waals surface area (Å²) in [6.07, 6.45) is 1.54. The lowest BCUT2D eigenvalue weighted by molar-refractivity contribution is 0.0952. The Bertz CT molecular complexity index is 1070. The van der Waals surface area contributed by atoms with Crippen molar-refractivity contribution < 1.29 is 19.0 Å². The first-order valence-electron chi connectivity index (χ1n) is 8.97. The van der Waals surface area contributed by atoms with E-state index in [1.807, 2.05) is 37.3 Å². The maximum atomic E-state index is 12.6. The molecule has 0 aliphatic heterocycles. The first-order valence-corrected chi connectivity index (χ1v) is 9.77. The molecule has 0 unspecified atom stereocenters. The third-order valence-corrected chi connectivity index (χ3v) is 4.95. The third kappa shape index (κ3) is 4.68. The van der Waals surface area contributed by atoms with Crippen LogP contribution in [0.5, 0.6) is 17.2 Å². The molecule has 0 aliphatic carbocycles. The van der Waals surface area contributed by atoms with Crippen LogP contribution >= 0.6 is 15.9 Å². The van der Waals surface area contributed by atoms with Crippen molar-refractivity contribution in [3.05, 3.63) is 64.1 Å². The van der Waals surface area contributed by atoms with Gasteiger partial charge < -0.3 is 14.2 Å². The molecule has 29 heavy (non-hydrogen) atoms. The van der Waals surface area contributed by atoms with Crippen LogP contribution in [0.15, 0.2) is 58.1 Å². The van der Waals surface area contributed by atoms with Gasteiger partial charge in [0.15, 0.2) is 11.5 Å². The molecule has 0 atom stereocenters. The van der Waals surface area contributed by atoms with Gasteiger partial charge in [0.05, 0.1) is 32.6 Å². The van der Waals surface area contributed by atoms with Crippen molar-refractivity contribution in [2.24, 2.45) is 5.10 Å². The highest BCUT2D eigenvalue weighted by Crippen LogP contribution is 2.33. The standard InChI is InChI=1S/C22H21BrN2O4/c1-4-29-21-12-18(23)16(11-20(21)28-3)13-24-25-22(26)17-9-14-7-5-6-8-15(14)10-19(17)27-2/h5-13H,4H2,1-3H3,(H,25,26)/b24-13-. The van der Waals surface area contributed by atoms with E-state index < -0.39 is 0 Å². The van der Waals surface area contributed by atoms with Gasteiger partial charge in [0.25, 0.3) is 5.91 Å². The number of rotatable bonds is 7. The van der Waals surface area contributed by atoms with Crippen molar-refractivity contribution in [2.75, 3.05) is 20.8 Å². The van der Waals surface area contributed by atoms with E-state index in [0.717, 1.165) is 20.8 Å². The summed E-state index contributed by atoms with van der Waals surface area (Å²) in [5.41, 5.74) is 3.69. The number of ether oxygens (including phenoxy) is 3. The van der Waals surface area contributed by atoms with Crippen LogP contribution in [0.1, 0.15) is 22.8 Å². The zero-order chi connectivity index (χ0) is 20.8. The minimum absolute atomic E-state index is 0.363. The Morgan fingerprint density at radius 3 is 2.38 bits per heavy atom. The van der Waals surface area contributed by atoms with E-state index in [1.165, 1.54) is 13.3 Å². The van der Waals surface area contributed by atoms with Crippen molar-refractivity contribution in [3.8, 4) is 17.2 Å². The highest BCUT2D eigenvalue weighted by atomic mass is 79.9. The molecule has 0 radical (unpaired) electrons. The van der Waals surface area contributed by atoms with Crippen molar-refractivity contribution >= 4 is 38.8 Å². The third-order valence-electron chi connectivity index (χ3n) is 4.26. The lowest BCUT2D eigenvalue weighted by Gasteiger charge is -2.11. The van der Waals surface area contributed by atoms with Crippen LogP contribution in [-0.2, 0) is 0 Å². The summed E-state index contributed by atoms with van der Waals surface area (Å²) < 4.78 is 17.0. The number of fused-ring (bicyclic) bond motifs is 1. The van der Waals surface area contributed by atoms with E-state index >= 15 is 0 Å². The molecule has 3 rings (SSSR count). The van der Waals surface area contributed by atoms with Crippen LogP contribution in [0.3, 0.4) is 0 Å². The molecule has 0 saturated heterocycles. The van der Waals surface area contributed by atoms with Gasteiger partial charge in [0, 0.05) is 10.0 Å². The number of carbonyl (C=O) groups excluding carboxylic acids is 1. The minimum Gasteiger partial charge on any atom is -0.496 e. The van der Waals surface area contributed by atoms with E-state index in [-0.39, 0.29) is 5.91 Å². The second kappa shape index (κ2) is 9.43. The smallest absolute Gasteiger partial charge is 0.275 e. The minimum atomic E-state index is -0.363. The van der Waals surface area contributed by atoms with Crippen molar-refractivity contribution in [3.63, 3.8) is 0 Å². The number of hydrogen-bond donors (Lipinski definition) is 1. The molecule has 1 N–H and O–H groups in total. The number of hydrogen-bond acceptors (Lipinski definition) is 5. The lowest BCUT2D eigenvalue weighted by Crippen LogP contribution is -2.18. The molecule has 6 nitrogen and oxygen atoms in total. The molecular weight excluding hydrogens is 436 g/mol. The Labute approximate surface area is 177 Å². The van der Waals surface area contributed by atoms with Gasteiger partial charge in [0.2, 0.25) is 0 Å². The predicted octanol–water partition coefficient (Wildman–Crippen LogP) is 4.78.